The molecule has 3 heterocycles. The van der Waals surface area contributed by atoms with Gasteiger partial charge in [-0.05, 0) is 54.9 Å². The van der Waals surface area contributed by atoms with Crippen molar-refractivity contribution in [2.75, 3.05) is 5.73 Å². The van der Waals surface area contributed by atoms with E-state index in [-0.39, 0.29) is 12.0 Å². The van der Waals surface area contributed by atoms with Gasteiger partial charge in [0.05, 0.1) is 34.9 Å². The molecule has 0 amide bonds. The summed E-state index contributed by atoms with van der Waals surface area (Å²) in [4.78, 5) is 12.9. The Morgan fingerprint density at radius 2 is 2.07 bits per heavy atom. The van der Waals surface area contributed by atoms with E-state index in [0.29, 0.717) is 11.7 Å². The lowest BCUT2D eigenvalue weighted by Gasteiger charge is -2.19. The Morgan fingerprint density at radius 3 is 2.93 bits per heavy atom. The van der Waals surface area contributed by atoms with Gasteiger partial charge in [0.25, 0.3) is 0 Å². The van der Waals surface area contributed by atoms with Gasteiger partial charge in [0, 0.05) is 13.2 Å². The fourth-order valence-electron chi connectivity index (χ4n) is 4.90. The summed E-state index contributed by atoms with van der Waals surface area (Å²) in [6.45, 7) is 2.16. The van der Waals surface area contributed by atoms with Crippen LogP contribution in [0.25, 0.3) is 22.1 Å². The summed E-state index contributed by atoms with van der Waals surface area (Å²) in [5.41, 5.74) is 10.3. The van der Waals surface area contributed by atoms with Crippen LogP contribution in [0.3, 0.4) is 0 Å². The number of rotatable bonds is 4. The first-order valence-electron chi connectivity index (χ1n) is 10.2. The van der Waals surface area contributed by atoms with E-state index in [1.165, 1.54) is 11.9 Å². The Hall–Kier alpha value is -2.93. The highest BCUT2D eigenvalue weighted by molar-refractivity contribution is 5.86. The van der Waals surface area contributed by atoms with Crippen molar-refractivity contribution in [2.45, 2.75) is 38.3 Å². The van der Waals surface area contributed by atoms with Crippen molar-refractivity contribution in [3.05, 3.63) is 48.7 Å². The van der Waals surface area contributed by atoms with Gasteiger partial charge in [-0.1, -0.05) is 13.0 Å². The second-order valence-electron chi connectivity index (χ2n) is 8.35. The van der Waals surface area contributed by atoms with Gasteiger partial charge in [-0.2, -0.15) is 0 Å². The Bertz CT molecular complexity index is 1180. The van der Waals surface area contributed by atoms with Crippen LogP contribution in [0.4, 0.5) is 5.82 Å². The van der Waals surface area contributed by atoms with Gasteiger partial charge in [-0.25, -0.2) is 15.0 Å². The minimum absolute atomic E-state index is 0.0140. The molecule has 0 spiro atoms. The van der Waals surface area contributed by atoms with Gasteiger partial charge in [0.15, 0.2) is 0 Å². The number of hydrogen-bond acceptors (Lipinski definition) is 5. The van der Waals surface area contributed by atoms with E-state index < -0.39 is 6.10 Å². The molecule has 150 valence electrons. The van der Waals surface area contributed by atoms with Crippen molar-refractivity contribution in [1.29, 1.82) is 0 Å². The average molecular weight is 390 g/mol. The van der Waals surface area contributed by atoms with E-state index in [2.05, 4.69) is 44.6 Å². The predicted molar refractivity (Wildman–Crippen MR) is 113 cm³/mol. The van der Waals surface area contributed by atoms with E-state index in [0.717, 1.165) is 41.3 Å². The quantitative estimate of drug-likeness (QED) is 0.558. The molecule has 0 radical (unpaired) electrons. The minimum Gasteiger partial charge on any atom is -0.391 e. The number of nitrogens with two attached hydrogens (primary N) is 1. The number of fused-ring (bicyclic) bond motifs is 2. The fraction of sp³-hybridized carbons (Fsp3) is 0.409. The number of anilines is 1. The van der Waals surface area contributed by atoms with Gasteiger partial charge < -0.3 is 20.0 Å². The molecule has 7 heteroatoms. The van der Waals surface area contributed by atoms with Crippen molar-refractivity contribution in [1.82, 2.24) is 24.1 Å². The van der Waals surface area contributed by atoms with Crippen LogP contribution in [0, 0.1) is 11.8 Å². The molecule has 5 rings (SSSR count). The Balaban J connectivity index is 1.34. The largest absolute Gasteiger partial charge is 0.391 e. The van der Waals surface area contributed by atoms with Crippen molar-refractivity contribution < 1.29 is 5.11 Å². The summed E-state index contributed by atoms with van der Waals surface area (Å²) in [7, 11) is 2.01. The molecule has 0 aliphatic heterocycles. The molecular weight excluding hydrogens is 364 g/mol. The molecule has 7 nitrogen and oxygen atoms in total. The third-order valence-corrected chi connectivity index (χ3v) is 6.71. The smallest absolute Gasteiger partial charge is 0.145 e. The van der Waals surface area contributed by atoms with Crippen molar-refractivity contribution in [3.8, 4) is 0 Å². The van der Waals surface area contributed by atoms with Crippen molar-refractivity contribution >= 4 is 27.9 Å². The molecule has 1 aliphatic rings. The topological polar surface area (TPSA) is 94.8 Å². The Morgan fingerprint density at radius 1 is 1.21 bits per heavy atom. The number of aryl methyl sites for hydroxylation is 2. The highest BCUT2D eigenvalue weighted by Gasteiger charge is 2.40. The fourth-order valence-corrected chi connectivity index (χ4v) is 4.90. The molecule has 3 aromatic heterocycles. The minimum atomic E-state index is -0.398. The van der Waals surface area contributed by atoms with E-state index in [1.807, 2.05) is 30.2 Å². The molecule has 1 saturated carbocycles. The van der Waals surface area contributed by atoms with Gasteiger partial charge in [0.2, 0.25) is 0 Å². The monoisotopic (exact) mass is 390 g/mol. The maximum Gasteiger partial charge on any atom is 0.145 e. The van der Waals surface area contributed by atoms with Gasteiger partial charge in [-0.15, -0.1) is 0 Å². The van der Waals surface area contributed by atoms with E-state index >= 15 is 0 Å². The number of imidazole rings is 1. The summed E-state index contributed by atoms with van der Waals surface area (Å²) in [6, 6.07) is 8.47. The van der Waals surface area contributed by atoms with Gasteiger partial charge in [0.1, 0.15) is 17.8 Å². The number of aliphatic hydroxyl groups is 1. The number of hydrogen-bond donors (Lipinski definition) is 2. The first kappa shape index (κ1) is 18.1. The molecule has 1 fully saturated rings. The SMILES string of the molecule is C[C@@H]1[C@@H](CCc2ccc3c(c2)ncn3C)C[C@@H](n2ccc3c(N)ncnc32)[C@@H]1O. The third kappa shape index (κ3) is 2.97. The summed E-state index contributed by atoms with van der Waals surface area (Å²) < 4.78 is 4.12. The second-order valence-corrected chi connectivity index (χ2v) is 8.35. The lowest BCUT2D eigenvalue weighted by Crippen LogP contribution is -2.23. The van der Waals surface area contributed by atoms with Gasteiger partial charge in [-0.3, -0.25) is 0 Å². The summed E-state index contributed by atoms with van der Waals surface area (Å²) in [6.07, 6.45) is 7.89. The molecule has 1 aromatic carbocycles. The molecule has 1 aliphatic carbocycles. The standard InChI is InChI=1S/C22H26N6O/c1-13-15(5-3-14-4-6-18-17(9-14)26-12-27(18)2)10-19(20(13)29)28-8-7-16-21(23)24-11-25-22(16)28/h4,6-9,11-13,15,19-20,29H,3,5,10H2,1-2H3,(H2,23,24,25)/t13-,15+,19-,20-/m1/s1. The number of nitrogens with zero attached hydrogens (tertiary/aromatic N) is 5. The lowest BCUT2D eigenvalue weighted by molar-refractivity contribution is 0.0948. The third-order valence-electron chi connectivity index (χ3n) is 6.71. The highest BCUT2D eigenvalue weighted by Crippen LogP contribution is 2.43. The zero-order chi connectivity index (χ0) is 20.1. The van der Waals surface area contributed by atoms with Crippen LogP contribution in [-0.2, 0) is 13.5 Å². The Labute approximate surface area is 169 Å². The normalized spacial score (nSPS) is 24.7. The molecule has 3 N–H and O–H groups in total. The zero-order valence-electron chi connectivity index (χ0n) is 16.7. The predicted octanol–water partition coefficient (Wildman–Crippen LogP) is 3.09. The molecule has 0 unspecified atom stereocenters. The molecule has 0 bridgehead atoms. The summed E-state index contributed by atoms with van der Waals surface area (Å²) in [5, 5.41) is 11.8. The van der Waals surface area contributed by atoms with Crippen LogP contribution in [0.5, 0.6) is 0 Å². The maximum atomic E-state index is 11.0. The number of nitrogen functional groups attached to an aromatic ring is 1. The molecule has 29 heavy (non-hydrogen) atoms. The molecule has 4 atom stereocenters. The maximum absolute atomic E-state index is 11.0. The van der Waals surface area contributed by atoms with Crippen molar-refractivity contribution in [2.24, 2.45) is 18.9 Å². The number of aromatic nitrogens is 5. The lowest BCUT2D eigenvalue weighted by atomic mass is 9.90. The van der Waals surface area contributed by atoms with Crippen LogP contribution in [0.2, 0.25) is 0 Å². The summed E-state index contributed by atoms with van der Waals surface area (Å²) >= 11 is 0. The van der Waals surface area contributed by atoms with Crippen LogP contribution in [0.15, 0.2) is 43.1 Å². The van der Waals surface area contributed by atoms with E-state index in [1.54, 1.807) is 0 Å². The van der Waals surface area contributed by atoms with Crippen LogP contribution in [0.1, 0.15) is 31.4 Å². The Kier molecular flexibility index (Phi) is 4.28. The highest BCUT2D eigenvalue weighted by atomic mass is 16.3. The molecule has 4 aromatic rings. The van der Waals surface area contributed by atoms with Crippen LogP contribution < -0.4 is 5.73 Å². The molecular formula is C22H26N6O. The van der Waals surface area contributed by atoms with Crippen molar-refractivity contribution in [3.63, 3.8) is 0 Å². The second kappa shape index (κ2) is 6.84. The number of benzene rings is 1. The van der Waals surface area contributed by atoms with Gasteiger partial charge >= 0.3 is 0 Å². The van der Waals surface area contributed by atoms with E-state index in [9.17, 15) is 5.11 Å². The summed E-state index contributed by atoms with van der Waals surface area (Å²) in [5.74, 6) is 1.16. The first-order valence-corrected chi connectivity index (χ1v) is 10.2. The molecule has 0 saturated heterocycles. The number of aliphatic hydroxyl groups excluding tert-OH is 1. The zero-order valence-corrected chi connectivity index (χ0v) is 16.7. The average Bonchev–Trinajstić information content (AvgIpc) is 3.39. The van der Waals surface area contributed by atoms with Crippen LogP contribution >= 0.6 is 0 Å². The van der Waals surface area contributed by atoms with Crippen LogP contribution in [-0.4, -0.2) is 35.3 Å². The van der Waals surface area contributed by atoms with E-state index in [4.69, 9.17) is 5.73 Å². The first-order chi connectivity index (χ1) is 14.0.